The van der Waals surface area contributed by atoms with Crippen molar-refractivity contribution in [2.45, 2.75) is 13.0 Å². The van der Waals surface area contributed by atoms with Crippen LogP contribution in [-0.4, -0.2) is 49.4 Å². The minimum atomic E-state index is -0.993. The van der Waals surface area contributed by atoms with E-state index in [0.29, 0.717) is 23.2 Å². The normalized spacial score (nSPS) is 18.1. The molecule has 0 amide bonds. The van der Waals surface area contributed by atoms with Gasteiger partial charge in [-0.25, -0.2) is 4.79 Å². The second-order valence-electron chi connectivity index (χ2n) is 5.36. The molecule has 21 heavy (non-hydrogen) atoms. The van der Waals surface area contributed by atoms with Crippen LogP contribution in [0.3, 0.4) is 0 Å². The monoisotopic (exact) mass is 313 g/mol. The van der Waals surface area contributed by atoms with Crippen LogP contribution >= 0.6 is 11.6 Å². The van der Waals surface area contributed by atoms with E-state index in [1.807, 2.05) is 13.1 Å². The Labute approximate surface area is 129 Å². The first-order valence-electron chi connectivity index (χ1n) is 6.94. The SMILES string of the molecule is CN(Cc1cc(Cl)ccc1OCC(=O)O)C[C@H]1CCOC1. The lowest BCUT2D eigenvalue weighted by molar-refractivity contribution is -0.139. The molecule has 1 N–H and O–H groups in total. The fourth-order valence-electron chi connectivity index (χ4n) is 2.48. The number of hydrogen-bond acceptors (Lipinski definition) is 4. The molecule has 1 atom stereocenters. The number of rotatable bonds is 7. The van der Waals surface area contributed by atoms with Gasteiger partial charge in [0.25, 0.3) is 0 Å². The third-order valence-electron chi connectivity index (χ3n) is 3.41. The summed E-state index contributed by atoms with van der Waals surface area (Å²) in [7, 11) is 2.03. The highest BCUT2D eigenvalue weighted by Gasteiger charge is 2.18. The van der Waals surface area contributed by atoms with Gasteiger partial charge in [-0.3, -0.25) is 0 Å². The zero-order valence-electron chi connectivity index (χ0n) is 12.0. The molecule has 1 aliphatic rings. The van der Waals surface area contributed by atoms with E-state index in [1.165, 1.54) is 0 Å². The molecule has 0 aromatic heterocycles. The fourth-order valence-corrected chi connectivity index (χ4v) is 2.67. The maximum Gasteiger partial charge on any atom is 0.341 e. The van der Waals surface area contributed by atoms with E-state index in [4.69, 9.17) is 26.2 Å². The summed E-state index contributed by atoms with van der Waals surface area (Å²) in [6.45, 7) is 2.89. The number of aliphatic carboxylic acids is 1. The van der Waals surface area contributed by atoms with Gasteiger partial charge in [-0.05, 0) is 37.6 Å². The summed E-state index contributed by atoms with van der Waals surface area (Å²) in [4.78, 5) is 12.8. The zero-order valence-corrected chi connectivity index (χ0v) is 12.8. The molecule has 1 saturated heterocycles. The predicted octanol–water partition coefficient (Wildman–Crippen LogP) is 2.27. The highest BCUT2D eigenvalue weighted by Crippen LogP contribution is 2.25. The number of carboxylic acid groups (broad SMARTS) is 1. The van der Waals surface area contributed by atoms with Crippen LogP contribution in [0.5, 0.6) is 5.75 Å². The number of halogens is 1. The van der Waals surface area contributed by atoms with Crippen molar-refractivity contribution < 1.29 is 19.4 Å². The Morgan fingerprint density at radius 1 is 1.57 bits per heavy atom. The molecule has 0 bridgehead atoms. The van der Waals surface area contributed by atoms with E-state index in [2.05, 4.69) is 4.90 Å². The summed E-state index contributed by atoms with van der Waals surface area (Å²) >= 11 is 6.02. The Morgan fingerprint density at radius 3 is 3.05 bits per heavy atom. The highest BCUT2D eigenvalue weighted by molar-refractivity contribution is 6.30. The second-order valence-corrected chi connectivity index (χ2v) is 5.80. The van der Waals surface area contributed by atoms with Crippen LogP contribution in [0.15, 0.2) is 18.2 Å². The molecule has 1 fully saturated rings. The van der Waals surface area contributed by atoms with Crippen LogP contribution in [0.2, 0.25) is 5.02 Å². The van der Waals surface area contributed by atoms with Crippen LogP contribution in [-0.2, 0) is 16.1 Å². The van der Waals surface area contributed by atoms with E-state index in [-0.39, 0.29) is 6.61 Å². The lowest BCUT2D eigenvalue weighted by atomic mass is 10.1. The van der Waals surface area contributed by atoms with Gasteiger partial charge < -0.3 is 19.5 Å². The minimum Gasteiger partial charge on any atom is -0.482 e. The Bertz CT molecular complexity index is 489. The van der Waals surface area contributed by atoms with Crippen molar-refractivity contribution in [3.05, 3.63) is 28.8 Å². The first-order valence-corrected chi connectivity index (χ1v) is 7.31. The number of carbonyl (C=O) groups is 1. The average Bonchev–Trinajstić information content (AvgIpc) is 2.90. The molecule has 1 aromatic rings. The minimum absolute atomic E-state index is 0.352. The smallest absolute Gasteiger partial charge is 0.341 e. The Hall–Kier alpha value is -1.30. The van der Waals surface area contributed by atoms with Gasteiger partial charge in [-0.15, -0.1) is 0 Å². The molecule has 6 heteroatoms. The van der Waals surface area contributed by atoms with Crippen molar-refractivity contribution in [3.8, 4) is 5.75 Å². The fraction of sp³-hybridized carbons (Fsp3) is 0.533. The maximum absolute atomic E-state index is 10.6. The maximum atomic E-state index is 10.6. The molecule has 1 heterocycles. The standard InChI is InChI=1S/C15H20ClNO4/c1-17(7-11-4-5-20-9-11)8-12-6-13(16)2-3-14(12)21-10-15(18)19/h2-3,6,11H,4-5,7-10H2,1H3,(H,18,19)/t11-/m1/s1. The quantitative estimate of drug-likeness (QED) is 0.837. The molecule has 1 aromatic carbocycles. The van der Waals surface area contributed by atoms with Crippen LogP contribution in [0.1, 0.15) is 12.0 Å². The van der Waals surface area contributed by atoms with Crippen molar-refractivity contribution in [1.29, 1.82) is 0 Å². The van der Waals surface area contributed by atoms with Crippen molar-refractivity contribution in [2.24, 2.45) is 5.92 Å². The van der Waals surface area contributed by atoms with E-state index < -0.39 is 5.97 Å². The van der Waals surface area contributed by atoms with Crippen molar-refractivity contribution in [1.82, 2.24) is 4.90 Å². The van der Waals surface area contributed by atoms with Gasteiger partial charge in [0.05, 0.1) is 6.61 Å². The van der Waals surface area contributed by atoms with Crippen molar-refractivity contribution in [2.75, 3.05) is 33.4 Å². The number of ether oxygens (including phenoxy) is 2. The number of benzene rings is 1. The molecule has 2 rings (SSSR count). The topological polar surface area (TPSA) is 59.0 Å². The van der Waals surface area contributed by atoms with Gasteiger partial charge in [0.2, 0.25) is 0 Å². The van der Waals surface area contributed by atoms with Gasteiger partial charge in [-0.1, -0.05) is 11.6 Å². The molecule has 0 aliphatic carbocycles. The molecule has 5 nitrogen and oxygen atoms in total. The molecular formula is C15H20ClNO4. The van der Waals surface area contributed by atoms with Crippen LogP contribution in [0.25, 0.3) is 0 Å². The predicted molar refractivity (Wildman–Crippen MR) is 79.8 cm³/mol. The van der Waals surface area contributed by atoms with Crippen molar-refractivity contribution >= 4 is 17.6 Å². The first-order chi connectivity index (χ1) is 10.0. The number of nitrogens with zero attached hydrogens (tertiary/aromatic N) is 1. The van der Waals surface area contributed by atoms with Crippen LogP contribution in [0, 0.1) is 5.92 Å². The van der Waals surface area contributed by atoms with Gasteiger partial charge in [0, 0.05) is 30.3 Å². The molecule has 0 radical (unpaired) electrons. The lowest BCUT2D eigenvalue weighted by Gasteiger charge is -2.21. The molecule has 0 saturated carbocycles. The Balaban J connectivity index is 1.98. The van der Waals surface area contributed by atoms with Gasteiger partial charge in [0.1, 0.15) is 5.75 Å². The average molecular weight is 314 g/mol. The summed E-state index contributed by atoms with van der Waals surface area (Å²) in [5, 5.41) is 9.33. The Kier molecular flexibility index (Phi) is 5.85. The highest BCUT2D eigenvalue weighted by atomic mass is 35.5. The second kappa shape index (κ2) is 7.64. The molecule has 1 aliphatic heterocycles. The van der Waals surface area contributed by atoms with E-state index in [9.17, 15) is 4.79 Å². The number of carboxylic acids is 1. The zero-order chi connectivity index (χ0) is 15.2. The summed E-state index contributed by atoms with van der Waals surface area (Å²) in [6, 6.07) is 5.24. The van der Waals surface area contributed by atoms with Gasteiger partial charge in [-0.2, -0.15) is 0 Å². The summed E-state index contributed by atoms with van der Waals surface area (Å²) < 4.78 is 10.7. The van der Waals surface area contributed by atoms with Crippen LogP contribution in [0.4, 0.5) is 0 Å². The van der Waals surface area contributed by atoms with Gasteiger partial charge in [0.15, 0.2) is 6.61 Å². The largest absolute Gasteiger partial charge is 0.482 e. The molecule has 0 spiro atoms. The molecule has 0 unspecified atom stereocenters. The third kappa shape index (κ3) is 5.19. The van der Waals surface area contributed by atoms with E-state index in [0.717, 1.165) is 31.7 Å². The third-order valence-corrected chi connectivity index (χ3v) is 3.64. The lowest BCUT2D eigenvalue weighted by Crippen LogP contribution is -2.26. The van der Waals surface area contributed by atoms with E-state index >= 15 is 0 Å². The number of hydrogen-bond donors (Lipinski definition) is 1. The van der Waals surface area contributed by atoms with Crippen LogP contribution < -0.4 is 4.74 Å². The summed E-state index contributed by atoms with van der Waals surface area (Å²) in [6.07, 6.45) is 1.09. The van der Waals surface area contributed by atoms with Crippen molar-refractivity contribution in [3.63, 3.8) is 0 Å². The molecule has 116 valence electrons. The summed E-state index contributed by atoms with van der Waals surface area (Å²) in [5.74, 6) is 0.126. The molecular weight excluding hydrogens is 294 g/mol. The van der Waals surface area contributed by atoms with E-state index in [1.54, 1.807) is 12.1 Å². The summed E-state index contributed by atoms with van der Waals surface area (Å²) in [5.41, 5.74) is 0.894. The Morgan fingerprint density at radius 2 is 2.38 bits per heavy atom. The first kappa shape index (κ1) is 16.1. The van der Waals surface area contributed by atoms with Gasteiger partial charge >= 0.3 is 5.97 Å².